The highest BCUT2D eigenvalue weighted by atomic mass is 16.7. The van der Waals surface area contributed by atoms with Crippen LogP contribution in [0.5, 0.6) is 0 Å². The van der Waals surface area contributed by atoms with E-state index in [4.69, 9.17) is 14.2 Å². The maximum absolute atomic E-state index is 12.0. The summed E-state index contributed by atoms with van der Waals surface area (Å²) in [5, 5.41) is 0. The second kappa shape index (κ2) is 10.7. The molecule has 2 unspecified atom stereocenters. The SMILES string of the molecule is C[C@]12CCC3[C@@H](CC[C@H]4CC(=O)C=C[C@]34C)[C@@H]1CC[C@@H]2OCCCCCCOC1CCCCO1. The van der Waals surface area contributed by atoms with Gasteiger partial charge in [-0.25, -0.2) is 0 Å². The van der Waals surface area contributed by atoms with Gasteiger partial charge in [0.15, 0.2) is 12.1 Å². The highest BCUT2D eigenvalue weighted by Gasteiger charge is 2.59. The number of hydrogen-bond acceptors (Lipinski definition) is 4. The van der Waals surface area contributed by atoms with Crippen molar-refractivity contribution in [3.8, 4) is 0 Å². The van der Waals surface area contributed by atoms with Crippen LogP contribution in [-0.2, 0) is 19.0 Å². The van der Waals surface area contributed by atoms with Gasteiger partial charge in [-0.2, -0.15) is 0 Å². The van der Waals surface area contributed by atoms with Crippen molar-refractivity contribution in [2.45, 2.75) is 116 Å². The van der Waals surface area contributed by atoms with E-state index in [2.05, 4.69) is 19.9 Å². The van der Waals surface area contributed by atoms with Crippen molar-refractivity contribution >= 4 is 5.78 Å². The molecule has 1 heterocycles. The van der Waals surface area contributed by atoms with Crippen LogP contribution < -0.4 is 0 Å². The Morgan fingerprint density at radius 3 is 2.53 bits per heavy atom. The number of rotatable bonds is 9. The Kier molecular flexibility index (Phi) is 7.87. The summed E-state index contributed by atoms with van der Waals surface area (Å²) in [5.41, 5.74) is 0.594. The Morgan fingerprint density at radius 1 is 0.912 bits per heavy atom. The molecule has 4 heteroatoms. The molecule has 0 aromatic heterocycles. The lowest BCUT2D eigenvalue weighted by Gasteiger charge is -2.58. The fourth-order valence-electron chi connectivity index (χ4n) is 8.70. The molecule has 1 saturated heterocycles. The summed E-state index contributed by atoms with van der Waals surface area (Å²) < 4.78 is 18.1. The van der Waals surface area contributed by atoms with Gasteiger partial charge < -0.3 is 14.2 Å². The zero-order valence-corrected chi connectivity index (χ0v) is 21.8. The minimum Gasteiger partial charge on any atom is -0.378 e. The van der Waals surface area contributed by atoms with E-state index < -0.39 is 0 Å². The first kappa shape index (κ1) is 25.0. The van der Waals surface area contributed by atoms with Crippen LogP contribution in [0.3, 0.4) is 0 Å². The zero-order valence-electron chi connectivity index (χ0n) is 21.8. The minimum atomic E-state index is 0.0532. The molecule has 4 nitrogen and oxygen atoms in total. The van der Waals surface area contributed by atoms with Gasteiger partial charge in [-0.3, -0.25) is 4.79 Å². The molecule has 0 aromatic carbocycles. The van der Waals surface area contributed by atoms with E-state index >= 15 is 0 Å². The molecule has 5 rings (SSSR count). The fraction of sp³-hybridized carbons (Fsp3) is 0.900. The molecule has 0 aromatic rings. The maximum atomic E-state index is 12.0. The molecule has 4 aliphatic carbocycles. The summed E-state index contributed by atoms with van der Waals surface area (Å²) in [7, 11) is 0. The van der Waals surface area contributed by atoms with Crippen LogP contribution in [0.2, 0.25) is 0 Å². The van der Waals surface area contributed by atoms with E-state index in [-0.39, 0.29) is 11.7 Å². The summed E-state index contributed by atoms with van der Waals surface area (Å²) in [4.78, 5) is 12.0. The highest BCUT2D eigenvalue weighted by molar-refractivity contribution is 5.91. The predicted octanol–water partition coefficient (Wildman–Crippen LogP) is 6.86. The molecule has 1 aliphatic heterocycles. The van der Waals surface area contributed by atoms with Gasteiger partial charge in [-0.15, -0.1) is 0 Å². The summed E-state index contributed by atoms with van der Waals surface area (Å²) in [6.45, 7) is 7.63. The average molecular weight is 473 g/mol. The monoisotopic (exact) mass is 472 g/mol. The van der Waals surface area contributed by atoms with Crippen molar-refractivity contribution < 1.29 is 19.0 Å². The molecule has 0 amide bonds. The number of unbranched alkanes of at least 4 members (excludes halogenated alkanes) is 3. The number of carbonyl (C=O) groups excluding carboxylic acids is 1. The largest absolute Gasteiger partial charge is 0.378 e. The van der Waals surface area contributed by atoms with Gasteiger partial charge in [-0.1, -0.05) is 32.8 Å². The molecule has 34 heavy (non-hydrogen) atoms. The summed E-state index contributed by atoms with van der Waals surface area (Å²) in [5.74, 6) is 3.30. The minimum absolute atomic E-state index is 0.0532. The Morgan fingerprint density at radius 2 is 1.74 bits per heavy atom. The number of ketones is 1. The van der Waals surface area contributed by atoms with E-state index in [9.17, 15) is 4.79 Å². The molecule has 4 fully saturated rings. The van der Waals surface area contributed by atoms with Gasteiger partial charge in [-0.05, 0) is 111 Å². The van der Waals surface area contributed by atoms with Crippen molar-refractivity contribution in [3.63, 3.8) is 0 Å². The molecular weight excluding hydrogens is 424 g/mol. The topological polar surface area (TPSA) is 44.8 Å². The Bertz CT molecular complexity index is 727. The first-order valence-electron chi connectivity index (χ1n) is 14.6. The number of carbonyl (C=O) groups is 1. The normalized spacial score (nSPS) is 43.9. The van der Waals surface area contributed by atoms with Crippen LogP contribution in [0.25, 0.3) is 0 Å². The van der Waals surface area contributed by atoms with Gasteiger partial charge >= 0.3 is 0 Å². The Balaban J connectivity index is 1.05. The molecule has 0 radical (unpaired) electrons. The van der Waals surface area contributed by atoms with Crippen molar-refractivity contribution in [2.24, 2.45) is 34.5 Å². The van der Waals surface area contributed by atoms with Crippen molar-refractivity contribution in [2.75, 3.05) is 19.8 Å². The number of fused-ring (bicyclic) bond motifs is 5. The number of allylic oxidation sites excluding steroid dienone is 2. The lowest BCUT2D eigenvalue weighted by atomic mass is 9.46. The molecule has 0 bridgehead atoms. The first-order valence-corrected chi connectivity index (χ1v) is 14.6. The van der Waals surface area contributed by atoms with E-state index in [0.717, 1.165) is 56.8 Å². The van der Waals surface area contributed by atoms with Gasteiger partial charge in [0.1, 0.15) is 0 Å². The third-order valence-electron chi connectivity index (χ3n) is 10.8. The van der Waals surface area contributed by atoms with E-state index in [0.29, 0.717) is 23.2 Å². The van der Waals surface area contributed by atoms with Crippen molar-refractivity contribution in [1.82, 2.24) is 0 Å². The van der Waals surface area contributed by atoms with Gasteiger partial charge in [0.05, 0.1) is 6.10 Å². The fourth-order valence-corrected chi connectivity index (χ4v) is 8.70. The van der Waals surface area contributed by atoms with Crippen LogP contribution in [0.15, 0.2) is 12.2 Å². The molecule has 0 N–H and O–H groups in total. The average Bonchev–Trinajstić information content (AvgIpc) is 3.18. The third kappa shape index (κ3) is 4.93. The third-order valence-corrected chi connectivity index (χ3v) is 10.8. The lowest BCUT2D eigenvalue weighted by Crippen LogP contribution is -2.53. The first-order chi connectivity index (χ1) is 16.5. The van der Waals surface area contributed by atoms with Crippen molar-refractivity contribution in [1.29, 1.82) is 0 Å². The van der Waals surface area contributed by atoms with E-state index in [1.165, 1.54) is 70.6 Å². The molecule has 0 spiro atoms. The van der Waals surface area contributed by atoms with E-state index in [1.807, 2.05) is 6.08 Å². The Labute approximate surface area is 207 Å². The second-order valence-corrected chi connectivity index (χ2v) is 12.6. The van der Waals surface area contributed by atoms with Crippen molar-refractivity contribution in [3.05, 3.63) is 12.2 Å². The quantitative estimate of drug-likeness (QED) is 0.344. The molecule has 3 saturated carbocycles. The summed E-state index contributed by atoms with van der Waals surface area (Å²) >= 11 is 0. The smallest absolute Gasteiger partial charge is 0.157 e. The highest BCUT2D eigenvalue weighted by Crippen LogP contribution is 2.65. The van der Waals surface area contributed by atoms with Crippen LogP contribution in [0, 0.1) is 34.5 Å². The number of ether oxygens (including phenoxy) is 3. The molecule has 192 valence electrons. The second-order valence-electron chi connectivity index (χ2n) is 12.6. The maximum Gasteiger partial charge on any atom is 0.157 e. The lowest BCUT2D eigenvalue weighted by molar-refractivity contribution is -0.162. The van der Waals surface area contributed by atoms with Crippen LogP contribution in [-0.4, -0.2) is 38.0 Å². The van der Waals surface area contributed by atoms with Crippen LogP contribution in [0.4, 0.5) is 0 Å². The van der Waals surface area contributed by atoms with E-state index in [1.54, 1.807) is 0 Å². The number of hydrogen-bond donors (Lipinski definition) is 0. The predicted molar refractivity (Wildman–Crippen MR) is 134 cm³/mol. The van der Waals surface area contributed by atoms with Gasteiger partial charge in [0.25, 0.3) is 0 Å². The summed E-state index contributed by atoms with van der Waals surface area (Å²) in [6.07, 6.45) is 21.5. The van der Waals surface area contributed by atoms with Crippen LogP contribution >= 0.6 is 0 Å². The van der Waals surface area contributed by atoms with Gasteiger partial charge in [0, 0.05) is 26.2 Å². The zero-order chi connectivity index (χ0) is 23.6. The van der Waals surface area contributed by atoms with Gasteiger partial charge in [0.2, 0.25) is 0 Å². The summed E-state index contributed by atoms with van der Waals surface area (Å²) in [6, 6.07) is 0. The van der Waals surface area contributed by atoms with Crippen LogP contribution in [0.1, 0.15) is 104 Å². The molecular formula is C30H48O4. The Hall–Kier alpha value is -0.710. The molecule has 5 aliphatic rings. The molecule has 8 atom stereocenters. The standard InChI is InChI=1S/C30H48O4/c1-29-16-14-23(31)21-22(29)10-11-24-25-12-13-27(30(25,2)17-15-26(24)29)32-18-6-3-4-7-19-33-28-9-5-8-20-34-28/h14,16,22,24-28H,3-13,15,17-21H2,1-2H3/t22-,24-,25-,26?,27-,28?,29-,30-/m0/s1.